The lowest BCUT2D eigenvalue weighted by Gasteiger charge is -2.29. The third-order valence-corrected chi connectivity index (χ3v) is 5.04. The zero-order valence-corrected chi connectivity index (χ0v) is 16.5. The van der Waals surface area contributed by atoms with Crippen LogP contribution in [0.25, 0.3) is 11.6 Å². The van der Waals surface area contributed by atoms with Crippen LogP contribution >= 0.6 is 0 Å². The first-order valence-electron chi connectivity index (χ1n) is 9.50. The quantitative estimate of drug-likeness (QED) is 0.812. The van der Waals surface area contributed by atoms with E-state index in [0.717, 1.165) is 36.3 Å². The van der Waals surface area contributed by atoms with E-state index in [1.807, 2.05) is 18.2 Å². The Balaban J connectivity index is 1.98. The minimum atomic E-state index is 0.0762. The van der Waals surface area contributed by atoms with E-state index in [9.17, 15) is 5.11 Å². The Morgan fingerprint density at radius 2 is 1.96 bits per heavy atom. The van der Waals surface area contributed by atoms with Gasteiger partial charge in [0.15, 0.2) is 0 Å². The van der Waals surface area contributed by atoms with Gasteiger partial charge < -0.3 is 14.7 Å². The molecule has 2 aromatic carbocycles. The number of nitrogens with zero attached hydrogens (tertiary/aromatic N) is 1. The van der Waals surface area contributed by atoms with Gasteiger partial charge in [0.05, 0.1) is 13.7 Å². The van der Waals surface area contributed by atoms with Crippen LogP contribution in [0, 0.1) is 5.92 Å². The highest BCUT2D eigenvalue weighted by Gasteiger charge is 2.22. The molecule has 0 bridgehead atoms. The van der Waals surface area contributed by atoms with Gasteiger partial charge in [0.1, 0.15) is 5.75 Å². The summed E-state index contributed by atoms with van der Waals surface area (Å²) < 4.78 is 5.43. The highest BCUT2D eigenvalue weighted by atomic mass is 16.5. The fourth-order valence-corrected chi connectivity index (χ4v) is 3.75. The fraction of sp³-hybridized carbons (Fsp3) is 0.333. The van der Waals surface area contributed by atoms with Crippen molar-refractivity contribution in [3.8, 4) is 5.75 Å². The molecule has 1 aliphatic rings. The molecular formula is C24H29NO2. The minimum absolute atomic E-state index is 0.0762. The van der Waals surface area contributed by atoms with Crippen LogP contribution in [0.15, 0.2) is 60.2 Å². The molecule has 2 aromatic rings. The predicted molar refractivity (Wildman–Crippen MR) is 113 cm³/mol. The number of rotatable bonds is 6. The molecule has 1 atom stereocenters. The predicted octanol–water partition coefficient (Wildman–Crippen LogP) is 4.63. The van der Waals surface area contributed by atoms with E-state index in [0.29, 0.717) is 5.92 Å². The summed E-state index contributed by atoms with van der Waals surface area (Å²) >= 11 is 0. The van der Waals surface area contributed by atoms with E-state index in [2.05, 4.69) is 61.5 Å². The molecule has 0 heterocycles. The Morgan fingerprint density at radius 1 is 1.15 bits per heavy atom. The number of methoxy groups -OCH3 is 1. The van der Waals surface area contributed by atoms with Gasteiger partial charge in [-0.2, -0.15) is 0 Å². The van der Waals surface area contributed by atoms with Crippen molar-refractivity contribution in [1.29, 1.82) is 0 Å². The molecule has 27 heavy (non-hydrogen) atoms. The number of benzene rings is 2. The van der Waals surface area contributed by atoms with Gasteiger partial charge >= 0.3 is 0 Å². The van der Waals surface area contributed by atoms with Crippen LogP contribution in [0.3, 0.4) is 0 Å². The molecule has 0 spiro atoms. The smallest absolute Gasteiger partial charge is 0.119 e. The van der Waals surface area contributed by atoms with Gasteiger partial charge in [-0.3, -0.25) is 0 Å². The summed E-state index contributed by atoms with van der Waals surface area (Å²) in [5, 5.41) is 9.38. The van der Waals surface area contributed by atoms with E-state index in [1.165, 1.54) is 16.7 Å². The summed E-state index contributed by atoms with van der Waals surface area (Å²) in [6, 6.07) is 16.5. The van der Waals surface area contributed by atoms with Crippen molar-refractivity contribution >= 4 is 11.6 Å². The lowest BCUT2D eigenvalue weighted by atomic mass is 9.81. The second-order valence-corrected chi connectivity index (χ2v) is 7.45. The largest absolute Gasteiger partial charge is 0.497 e. The molecule has 142 valence electrons. The standard InChI is InChI=1S/C24H29NO2/c1-25(2)16-22-11-10-19(12-18-6-4-7-20(13-18)17-26)14-24(22)21-8-5-9-23(15-21)27-3/h4-9,12-15,22,26H,10-11,16-17H2,1-3H3/b19-12-. The summed E-state index contributed by atoms with van der Waals surface area (Å²) in [4.78, 5) is 2.26. The van der Waals surface area contributed by atoms with Crippen LogP contribution < -0.4 is 4.74 Å². The number of ether oxygens (including phenoxy) is 1. The highest BCUT2D eigenvalue weighted by molar-refractivity contribution is 5.75. The molecule has 0 saturated heterocycles. The Kier molecular flexibility index (Phi) is 6.49. The molecule has 0 saturated carbocycles. The zero-order chi connectivity index (χ0) is 19.2. The van der Waals surface area contributed by atoms with Gasteiger partial charge in [0, 0.05) is 6.54 Å². The molecule has 3 nitrogen and oxygen atoms in total. The first-order valence-corrected chi connectivity index (χ1v) is 9.50. The van der Waals surface area contributed by atoms with Crippen LogP contribution in [0.1, 0.15) is 29.5 Å². The molecule has 0 radical (unpaired) electrons. The minimum Gasteiger partial charge on any atom is -0.497 e. The molecule has 1 N–H and O–H groups in total. The molecule has 0 aliphatic heterocycles. The zero-order valence-electron chi connectivity index (χ0n) is 16.5. The van der Waals surface area contributed by atoms with E-state index >= 15 is 0 Å². The Labute approximate surface area is 162 Å². The number of allylic oxidation sites excluding steroid dienone is 2. The molecule has 3 heteroatoms. The average Bonchev–Trinajstić information content (AvgIpc) is 2.69. The summed E-state index contributed by atoms with van der Waals surface area (Å²) in [5.74, 6) is 1.40. The van der Waals surface area contributed by atoms with Crippen LogP contribution in [0.2, 0.25) is 0 Å². The van der Waals surface area contributed by atoms with E-state index < -0.39 is 0 Å². The number of aliphatic hydroxyl groups is 1. The Hall–Kier alpha value is -2.36. The maximum atomic E-state index is 9.38. The fourth-order valence-electron chi connectivity index (χ4n) is 3.75. The normalized spacial score (nSPS) is 18.6. The van der Waals surface area contributed by atoms with Crippen LogP contribution in [0.5, 0.6) is 5.75 Å². The molecule has 0 aromatic heterocycles. The lowest BCUT2D eigenvalue weighted by Crippen LogP contribution is -2.24. The second-order valence-electron chi connectivity index (χ2n) is 7.45. The van der Waals surface area contributed by atoms with Gasteiger partial charge in [0.25, 0.3) is 0 Å². The van der Waals surface area contributed by atoms with Gasteiger partial charge in [-0.05, 0) is 78.9 Å². The first-order chi connectivity index (χ1) is 13.1. The third-order valence-electron chi connectivity index (χ3n) is 5.04. The maximum Gasteiger partial charge on any atom is 0.119 e. The molecular weight excluding hydrogens is 334 g/mol. The number of hydrogen-bond acceptors (Lipinski definition) is 3. The highest BCUT2D eigenvalue weighted by Crippen LogP contribution is 2.37. The summed E-state index contributed by atoms with van der Waals surface area (Å²) in [6.45, 7) is 1.11. The van der Waals surface area contributed by atoms with E-state index in [1.54, 1.807) is 7.11 Å². The van der Waals surface area contributed by atoms with Crippen molar-refractivity contribution in [1.82, 2.24) is 4.90 Å². The van der Waals surface area contributed by atoms with Gasteiger partial charge in [0.2, 0.25) is 0 Å². The van der Waals surface area contributed by atoms with E-state index in [4.69, 9.17) is 4.74 Å². The van der Waals surface area contributed by atoms with Crippen molar-refractivity contribution in [3.63, 3.8) is 0 Å². The maximum absolute atomic E-state index is 9.38. The van der Waals surface area contributed by atoms with Crippen LogP contribution in [0.4, 0.5) is 0 Å². The summed E-state index contributed by atoms with van der Waals surface area (Å²) in [6.07, 6.45) is 6.78. The van der Waals surface area contributed by atoms with Crippen LogP contribution in [-0.2, 0) is 6.61 Å². The van der Waals surface area contributed by atoms with Gasteiger partial charge in [-0.1, -0.05) is 42.5 Å². The van der Waals surface area contributed by atoms with E-state index in [-0.39, 0.29) is 6.61 Å². The summed E-state index contributed by atoms with van der Waals surface area (Å²) in [7, 11) is 5.98. The average molecular weight is 364 g/mol. The van der Waals surface area contributed by atoms with Crippen molar-refractivity contribution in [2.45, 2.75) is 19.4 Å². The molecule has 1 unspecified atom stereocenters. The first kappa shape index (κ1) is 19.4. The molecule has 0 fully saturated rings. The number of hydrogen-bond donors (Lipinski definition) is 1. The second kappa shape index (κ2) is 9.03. The molecule has 3 rings (SSSR count). The van der Waals surface area contributed by atoms with Gasteiger partial charge in [-0.15, -0.1) is 0 Å². The third kappa shape index (κ3) is 5.09. The lowest BCUT2D eigenvalue weighted by molar-refractivity contribution is 0.282. The monoisotopic (exact) mass is 363 g/mol. The number of aliphatic hydroxyl groups excluding tert-OH is 1. The van der Waals surface area contributed by atoms with Crippen molar-refractivity contribution in [2.24, 2.45) is 5.92 Å². The molecule has 0 amide bonds. The topological polar surface area (TPSA) is 32.7 Å². The summed E-state index contributed by atoms with van der Waals surface area (Å²) in [5.41, 5.74) is 6.03. The van der Waals surface area contributed by atoms with Crippen molar-refractivity contribution in [2.75, 3.05) is 27.7 Å². The Bertz CT molecular complexity index is 836. The van der Waals surface area contributed by atoms with Crippen molar-refractivity contribution in [3.05, 3.63) is 76.9 Å². The van der Waals surface area contributed by atoms with Gasteiger partial charge in [-0.25, -0.2) is 0 Å². The SMILES string of the molecule is COc1cccc(C2=C/C(=C\c3cccc(CO)c3)CCC2CN(C)C)c1. The Morgan fingerprint density at radius 3 is 2.70 bits per heavy atom. The van der Waals surface area contributed by atoms with Crippen LogP contribution in [-0.4, -0.2) is 37.8 Å². The van der Waals surface area contributed by atoms with Crippen molar-refractivity contribution < 1.29 is 9.84 Å². The molecule has 1 aliphatic carbocycles.